The molecule has 4 heterocycles. The van der Waals surface area contributed by atoms with E-state index in [1.54, 1.807) is 49.1 Å². The summed E-state index contributed by atoms with van der Waals surface area (Å²) < 4.78 is 45.2. The molecular weight excluding hydrogens is 1540 g/mol. The topological polar surface area (TPSA) is 230 Å². The van der Waals surface area contributed by atoms with Gasteiger partial charge in [0.15, 0.2) is 0 Å². The van der Waals surface area contributed by atoms with E-state index in [-0.39, 0.29) is 113 Å². The van der Waals surface area contributed by atoms with Crippen LogP contribution in [-0.4, -0.2) is 99.9 Å². The molecule has 0 aromatic carbocycles. The molecule has 0 unspecified atom stereocenters. The van der Waals surface area contributed by atoms with Gasteiger partial charge in [-0.2, -0.15) is 0 Å². The first-order chi connectivity index (χ1) is 40.0. The molecule has 504 valence electrons. The average molecular weight is 1620 g/mol. The quantitative estimate of drug-likeness (QED) is 0.0221. The molecule has 0 radical (unpaired) electrons. The van der Waals surface area contributed by atoms with Crippen LogP contribution < -0.4 is 21.3 Å². The molecule has 0 aliphatic heterocycles. The Bertz CT molecular complexity index is 2310. The summed E-state index contributed by atoms with van der Waals surface area (Å²) in [5.41, 5.74) is 0. The Kier molecular flexibility index (Phi) is 56.7. The number of hydrogen-bond donors (Lipinski definition) is 4. The molecule has 4 aromatic heterocycles. The predicted molar refractivity (Wildman–Crippen MR) is 395 cm³/mol. The van der Waals surface area contributed by atoms with Crippen LogP contribution in [0.4, 0.5) is 23.3 Å². The van der Waals surface area contributed by atoms with Crippen molar-refractivity contribution in [3.63, 3.8) is 0 Å². The number of hydrogen-bond acceptors (Lipinski definition) is 20. The SMILES string of the molecule is CC(C)OP(=S)([N-]C(=S)Nc1ccccn1)OC(C)C.CC(C)OP(=S)([N-]C(=S)Nc1ccccn1)OC(C)C.CC(C)OP(=S)([N-]C(=S)Nc1ccccn1)OC(C)C.CC(C)OP(=S)([N-]C(=S)Nc1ccccn1)OC(C)C.ClCCl.ClCCl.[Ni+2].[Ni+2]. The molecule has 0 saturated carbocycles. The van der Waals surface area contributed by atoms with Crippen molar-refractivity contribution in [2.45, 2.75) is 160 Å². The third-order valence-corrected chi connectivity index (χ3v) is 18.8. The number of halogens is 4. The number of thiocarbonyl (C=S) groups is 4. The normalized spacial score (nSPS) is 11.0. The molecule has 0 aliphatic rings. The van der Waals surface area contributed by atoms with Gasteiger partial charge < -0.3 is 77.8 Å². The van der Waals surface area contributed by atoms with E-state index in [4.69, 9.17) is 179 Å². The van der Waals surface area contributed by atoms with Gasteiger partial charge in [0.1, 0.15) is 0 Å². The molecule has 4 rings (SSSR count). The first kappa shape index (κ1) is 94.2. The fraction of sp³-hybridized carbons (Fsp3) is 0.520. The zero-order valence-electron chi connectivity index (χ0n) is 51.3. The van der Waals surface area contributed by atoms with E-state index in [0.717, 1.165) is 0 Å². The zero-order valence-corrected chi connectivity index (χ0v) is 66.4. The monoisotopic (exact) mass is 1610 g/mol. The van der Waals surface area contributed by atoms with E-state index in [0.29, 0.717) is 23.3 Å². The summed E-state index contributed by atoms with van der Waals surface area (Å²) in [4.78, 5) is 16.4. The molecule has 0 aliphatic carbocycles. The molecule has 0 atom stereocenters. The Morgan fingerprint density at radius 2 is 0.477 bits per heavy atom. The van der Waals surface area contributed by atoms with Crippen LogP contribution in [0.15, 0.2) is 97.6 Å². The Morgan fingerprint density at radius 1 is 0.341 bits per heavy atom. The van der Waals surface area contributed by atoms with E-state index < -0.39 is 26.6 Å². The number of nitrogens with one attached hydrogen (secondary N) is 4. The summed E-state index contributed by atoms with van der Waals surface area (Å²) in [6.45, 7) is 19.0. The molecule has 4 aromatic rings. The third-order valence-electron chi connectivity index (χ3n) is 7.20. The molecular formula is C50H80Cl4N12Ni2O8P4S8. The van der Waals surface area contributed by atoms with Crippen molar-refractivity contribution in [1.29, 1.82) is 0 Å². The van der Waals surface area contributed by atoms with Crippen LogP contribution in [0, 0.1) is 0 Å². The molecule has 0 bridgehead atoms. The first-order valence-corrected chi connectivity index (χ1v) is 40.1. The fourth-order valence-corrected chi connectivity index (χ4v) is 18.5. The van der Waals surface area contributed by atoms with Crippen LogP contribution in [0.25, 0.3) is 20.3 Å². The van der Waals surface area contributed by atoms with Crippen LogP contribution >= 0.6 is 122 Å². The summed E-state index contributed by atoms with van der Waals surface area (Å²) >= 11 is 61.3. The van der Waals surface area contributed by atoms with Gasteiger partial charge >= 0.3 is 33.0 Å². The van der Waals surface area contributed by atoms with E-state index in [9.17, 15) is 0 Å². The van der Waals surface area contributed by atoms with Gasteiger partial charge in [-0.1, -0.05) is 73.1 Å². The van der Waals surface area contributed by atoms with E-state index in [2.05, 4.69) is 61.6 Å². The van der Waals surface area contributed by atoms with Gasteiger partial charge in [-0.3, -0.25) is 19.9 Å². The Labute approximate surface area is 605 Å². The van der Waals surface area contributed by atoms with Crippen molar-refractivity contribution in [2.24, 2.45) is 0 Å². The van der Waals surface area contributed by atoms with Crippen LogP contribution in [0.5, 0.6) is 0 Å². The number of aromatic nitrogens is 4. The van der Waals surface area contributed by atoms with Crippen molar-refractivity contribution in [3.05, 3.63) is 118 Å². The Hall–Kier alpha value is -0.213. The Morgan fingerprint density at radius 3 is 0.580 bits per heavy atom. The molecule has 20 nitrogen and oxygen atoms in total. The molecule has 38 heteroatoms. The van der Waals surface area contributed by atoms with Crippen LogP contribution in [0.3, 0.4) is 0 Å². The largest absolute Gasteiger partial charge is 2.00 e. The number of alkyl halides is 4. The second kappa shape index (κ2) is 53.0. The molecule has 0 spiro atoms. The van der Waals surface area contributed by atoms with Crippen LogP contribution in [0.1, 0.15) is 111 Å². The summed E-state index contributed by atoms with van der Waals surface area (Å²) in [7, 11) is 0. The van der Waals surface area contributed by atoms with Gasteiger partial charge in [-0.25, -0.2) is 0 Å². The summed E-state index contributed by atoms with van der Waals surface area (Å²) in [5, 5.41) is 29.8. The van der Waals surface area contributed by atoms with E-state index in [1.807, 2.05) is 159 Å². The minimum Gasteiger partial charge on any atom is -0.433 e. The Balaban J connectivity index is -0.000000514. The van der Waals surface area contributed by atoms with E-state index >= 15 is 0 Å². The summed E-state index contributed by atoms with van der Waals surface area (Å²) in [6, 6.07) is 21.8. The average Bonchev–Trinajstić information content (AvgIpc) is 3.58. The summed E-state index contributed by atoms with van der Waals surface area (Å²) in [6.07, 6.45) is 5.99. The zero-order chi connectivity index (χ0) is 66.1. The summed E-state index contributed by atoms with van der Waals surface area (Å²) in [5.74, 6) is 2.43. The van der Waals surface area contributed by atoms with Crippen molar-refractivity contribution in [1.82, 2.24) is 19.9 Å². The molecule has 88 heavy (non-hydrogen) atoms. The van der Waals surface area contributed by atoms with Gasteiger partial charge in [-0.05, 0) is 207 Å². The second-order valence-corrected chi connectivity index (χ2v) is 33.2. The molecule has 0 saturated heterocycles. The van der Waals surface area contributed by atoms with Crippen LogP contribution in [-0.2, 0) is 116 Å². The predicted octanol–water partition coefficient (Wildman–Crippen LogP) is 19.7. The van der Waals surface area contributed by atoms with Gasteiger partial charge in [0.2, 0.25) is 26.6 Å². The van der Waals surface area contributed by atoms with Crippen LogP contribution in [0.2, 0.25) is 0 Å². The maximum absolute atomic E-state index is 5.65. The standard InChI is InChI=1S/4C12H20N3O2PS2.2CH2Cl2.2Ni/c4*1-9(2)16-18(20,17-10(3)4)15-12(19)14-11-7-5-6-8-13-11;2*2-1-3;;/h4*5-10H,1-4H3,(H2,13,14,15,19,20);2*1H2;;/q;;;;;;2*+2/p-4. The van der Waals surface area contributed by atoms with Gasteiger partial charge in [0.05, 0.1) is 59.5 Å². The number of anilines is 4. The first-order valence-electron chi connectivity index (χ1n) is 26.0. The number of nitrogens with zero attached hydrogens (tertiary/aromatic N) is 8. The van der Waals surface area contributed by atoms with Crippen molar-refractivity contribution in [2.75, 3.05) is 31.9 Å². The van der Waals surface area contributed by atoms with Crippen molar-refractivity contribution >= 4 is 213 Å². The smallest absolute Gasteiger partial charge is 0.433 e. The molecule has 4 N–H and O–H groups in total. The number of pyridine rings is 4. The van der Waals surface area contributed by atoms with Crippen molar-refractivity contribution < 1.29 is 69.2 Å². The molecule has 0 fully saturated rings. The minimum absolute atomic E-state index is 0. The minimum atomic E-state index is -2.80. The third kappa shape index (κ3) is 53.1. The van der Waals surface area contributed by atoms with Gasteiger partial charge in [0, 0.05) is 68.5 Å². The van der Waals surface area contributed by atoms with Gasteiger partial charge in [-0.15, -0.1) is 46.4 Å². The molecule has 0 amide bonds. The maximum Gasteiger partial charge on any atom is 2.00 e. The van der Waals surface area contributed by atoms with Gasteiger partial charge in [0.25, 0.3) is 0 Å². The number of rotatable bonds is 24. The maximum atomic E-state index is 5.65. The van der Waals surface area contributed by atoms with E-state index in [1.165, 1.54) is 0 Å². The second-order valence-electron chi connectivity index (χ2n) is 18.3. The fourth-order valence-electron chi connectivity index (χ4n) is 5.15. The van der Waals surface area contributed by atoms with Crippen molar-refractivity contribution in [3.8, 4) is 0 Å².